The summed E-state index contributed by atoms with van der Waals surface area (Å²) in [7, 11) is 0. The van der Waals surface area contributed by atoms with Crippen LogP contribution in [0.25, 0.3) is 0 Å². The molecule has 152 valence electrons. The minimum Gasteiger partial charge on any atom is -0.485 e. The summed E-state index contributed by atoms with van der Waals surface area (Å²) in [5.41, 5.74) is 1.05. The van der Waals surface area contributed by atoms with Crippen molar-refractivity contribution in [3.05, 3.63) is 53.3 Å². The van der Waals surface area contributed by atoms with Gasteiger partial charge < -0.3 is 4.74 Å². The number of aryl methyl sites for hydroxylation is 2. The maximum absolute atomic E-state index is 12.5. The minimum absolute atomic E-state index is 0.169. The lowest BCUT2D eigenvalue weighted by atomic mass is 10.2. The molecule has 3 aromatic rings. The van der Waals surface area contributed by atoms with Crippen LogP contribution in [0, 0.1) is 13.8 Å². The van der Waals surface area contributed by atoms with Crippen LogP contribution in [0.4, 0.5) is 5.13 Å². The first kappa shape index (κ1) is 21.0. The van der Waals surface area contributed by atoms with Crippen molar-refractivity contribution in [3.63, 3.8) is 0 Å². The molecule has 0 saturated carbocycles. The Morgan fingerprint density at radius 2 is 2.10 bits per heavy atom. The Labute approximate surface area is 177 Å². The fourth-order valence-electron chi connectivity index (χ4n) is 2.45. The Bertz CT molecular complexity index is 1000. The third-order valence-electron chi connectivity index (χ3n) is 3.96. The number of para-hydroxylation sites is 1. The van der Waals surface area contributed by atoms with Gasteiger partial charge in [0.15, 0.2) is 11.0 Å². The number of thioether (sulfide) groups is 1. The molecule has 1 aromatic carbocycles. The Balaban J connectivity index is 1.68. The second-order valence-corrected chi connectivity index (χ2v) is 8.72. The Hall–Kier alpha value is -2.72. The lowest BCUT2D eigenvalue weighted by Gasteiger charge is -2.12. The number of aromatic nitrogens is 5. The van der Waals surface area contributed by atoms with Crippen molar-refractivity contribution in [3.8, 4) is 5.75 Å². The fourth-order valence-corrected chi connectivity index (χ4v) is 3.92. The van der Waals surface area contributed by atoms with E-state index in [4.69, 9.17) is 4.74 Å². The summed E-state index contributed by atoms with van der Waals surface area (Å²) in [4.78, 5) is 12.5. The SMILES string of the molecule is C=CCn1c(COc2ccccc2C)nnc1S[C@@H](C)C(=O)Nc1nnc(C)s1. The monoisotopic (exact) mass is 430 g/mol. The molecule has 29 heavy (non-hydrogen) atoms. The number of anilines is 1. The lowest BCUT2D eigenvalue weighted by Crippen LogP contribution is -2.23. The van der Waals surface area contributed by atoms with Crippen LogP contribution in [0.15, 0.2) is 42.1 Å². The summed E-state index contributed by atoms with van der Waals surface area (Å²) in [5, 5.41) is 20.6. The summed E-state index contributed by atoms with van der Waals surface area (Å²) in [6, 6.07) is 7.80. The van der Waals surface area contributed by atoms with E-state index in [1.807, 2.05) is 49.6 Å². The Morgan fingerprint density at radius 3 is 2.79 bits per heavy atom. The zero-order valence-corrected chi connectivity index (χ0v) is 18.1. The van der Waals surface area contributed by atoms with Crippen LogP contribution in [-0.2, 0) is 17.9 Å². The number of hydrogen-bond donors (Lipinski definition) is 1. The van der Waals surface area contributed by atoms with Gasteiger partial charge in [0.25, 0.3) is 0 Å². The first-order valence-corrected chi connectivity index (χ1v) is 10.7. The van der Waals surface area contributed by atoms with Crippen LogP contribution in [-0.4, -0.2) is 36.1 Å². The largest absolute Gasteiger partial charge is 0.485 e. The molecule has 0 radical (unpaired) electrons. The predicted molar refractivity (Wildman–Crippen MR) is 114 cm³/mol. The quantitative estimate of drug-likeness (QED) is 0.409. The van der Waals surface area contributed by atoms with E-state index in [9.17, 15) is 4.79 Å². The zero-order chi connectivity index (χ0) is 20.8. The normalized spacial score (nSPS) is 11.8. The van der Waals surface area contributed by atoms with Crippen molar-refractivity contribution in [2.75, 3.05) is 5.32 Å². The Kier molecular flexibility index (Phi) is 6.99. The van der Waals surface area contributed by atoms with Crippen molar-refractivity contribution in [2.24, 2.45) is 0 Å². The van der Waals surface area contributed by atoms with Crippen LogP contribution < -0.4 is 10.1 Å². The van der Waals surface area contributed by atoms with E-state index in [2.05, 4.69) is 32.3 Å². The third kappa shape index (κ3) is 5.42. The van der Waals surface area contributed by atoms with Crippen molar-refractivity contribution >= 4 is 34.1 Å². The number of nitrogens with zero attached hydrogens (tertiary/aromatic N) is 5. The van der Waals surface area contributed by atoms with Crippen LogP contribution in [0.3, 0.4) is 0 Å². The number of rotatable bonds is 9. The number of benzene rings is 1. The second kappa shape index (κ2) is 9.66. The van der Waals surface area contributed by atoms with Crippen molar-refractivity contribution < 1.29 is 9.53 Å². The summed E-state index contributed by atoms with van der Waals surface area (Å²) >= 11 is 2.65. The van der Waals surface area contributed by atoms with Crippen LogP contribution >= 0.6 is 23.1 Å². The smallest absolute Gasteiger partial charge is 0.239 e. The molecule has 0 aliphatic carbocycles. The maximum atomic E-state index is 12.5. The summed E-state index contributed by atoms with van der Waals surface area (Å²) in [5.74, 6) is 1.30. The molecule has 0 fully saturated rings. The number of ether oxygens (including phenoxy) is 1. The number of allylic oxidation sites excluding steroid dienone is 1. The first-order valence-electron chi connectivity index (χ1n) is 8.97. The fraction of sp³-hybridized carbons (Fsp3) is 0.316. The average molecular weight is 431 g/mol. The first-order chi connectivity index (χ1) is 14.0. The maximum Gasteiger partial charge on any atom is 0.239 e. The van der Waals surface area contributed by atoms with Gasteiger partial charge >= 0.3 is 0 Å². The number of nitrogens with one attached hydrogen (secondary N) is 1. The molecule has 0 spiro atoms. The average Bonchev–Trinajstić information content (AvgIpc) is 3.27. The van der Waals surface area contributed by atoms with E-state index in [1.54, 1.807) is 6.08 Å². The molecule has 2 aromatic heterocycles. The van der Waals surface area contributed by atoms with E-state index in [1.165, 1.54) is 23.1 Å². The van der Waals surface area contributed by atoms with Gasteiger partial charge in [-0.1, -0.05) is 47.4 Å². The highest BCUT2D eigenvalue weighted by atomic mass is 32.2. The number of carbonyl (C=O) groups is 1. The molecule has 0 bridgehead atoms. The lowest BCUT2D eigenvalue weighted by molar-refractivity contribution is -0.115. The van der Waals surface area contributed by atoms with Crippen LogP contribution in [0.1, 0.15) is 23.3 Å². The molecule has 3 rings (SSSR count). The summed E-state index contributed by atoms with van der Waals surface area (Å²) in [6.07, 6.45) is 1.76. The molecular weight excluding hydrogens is 408 g/mol. The standard InChI is InChI=1S/C19H22N6O2S2/c1-5-10-25-16(11-27-15-9-7-6-8-12(15)2)22-24-19(25)28-13(3)17(26)20-18-23-21-14(4)29-18/h5-9,13H,1,10-11H2,2-4H3,(H,20,23,26)/t13-/m0/s1. The second-order valence-electron chi connectivity index (χ2n) is 6.23. The highest BCUT2D eigenvalue weighted by Gasteiger charge is 2.21. The zero-order valence-electron chi connectivity index (χ0n) is 16.5. The van der Waals surface area contributed by atoms with Crippen molar-refractivity contribution in [1.29, 1.82) is 0 Å². The van der Waals surface area contributed by atoms with Gasteiger partial charge in [-0.3, -0.25) is 14.7 Å². The van der Waals surface area contributed by atoms with Crippen LogP contribution in [0.2, 0.25) is 0 Å². The number of carbonyl (C=O) groups excluding carboxylic acids is 1. The molecule has 1 amide bonds. The molecule has 0 aliphatic rings. The minimum atomic E-state index is -0.392. The van der Waals surface area contributed by atoms with Gasteiger partial charge in [-0.15, -0.1) is 27.0 Å². The molecule has 1 N–H and O–H groups in total. The molecule has 0 aliphatic heterocycles. The van der Waals surface area contributed by atoms with E-state index in [0.29, 0.717) is 22.7 Å². The van der Waals surface area contributed by atoms with Gasteiger partial charge in [-0.2, -0.15) is 0 Å². The van der Waals surface area contributed by atoms with Gasteiger partial charge in [-0.05, 0) is 32.4 Å². The molecule has 10 heteroatoms. The third-order valence-corrected chi connectivity index (χ3v) is 5.80. The van der Waals surface area contributed by atoms with Gasteiger partial charge in [0.05, 0.1) is 5.25 Å². The van der Waals surface area contributed by atoms with E-state index in [0.717, 1.165) is 16.3 Å². The number of hydrogen-bond acceptors (Lipinski definition) is 8. The van der Waals surface area contributed by atoms with E-state index in [-0.39, 0.29) is 12.5 Å². The van der Waals surface area contributed by atoms with E-state index < -0.39 is 5.25 Å². The van der Waals surface area contributed by atoms with Crippen molar-refractivity contribution in [2.45, 2.75) is 44.3 Å². The molecule has 0 unspecified atom stereocenters. The topological polar surface area (TPSA) is 94.8 Å². The Morgan fingerprint density at radius 1 is 1.31 bits per heavy atom. The predicted octanol–water partition coefficient (Wildman–Crippen LogP) is 3.63. The number of amides is 1. The molecule has 0 saturated heterocycles. The summed E-state index contributed by atoms with van der Waals surface area (Å²) in [6.45, 7) is 10.2. The highest BCUT2D eigenvalue weighted by Crippen LogP contribution is 2.25. The summed E-state index contributed by atoms with van der Waals surface area (Å²) < 4.78 is 7.79. The molecule has 8 nitrogen and oxygen atoms in total. The molecule has 2 heterocycles. The van der Waals surface area contributed by atoms with Gasteiger partial charge in [-0.25, -0.2) is 0 Å². The molecular formula is C19H22N6O2S2. The van der Waals surface area contributed by atoms with Gasteiger partial charge in [0.1, 0.15) is 17.4 Å². The molecule has 1 atom stereocenters. The van der Waals surface area contributed by atoms with E-state index >= 15 is 0 Å². The van der Waals surface area contributed by atoms with Gasteiger partial charge in [0.2, 0.25) is 11.0 Å². The van der Waals surface area contributed by atoms with Crippen molar-refractivity contribution in [1.82, 2.24) is 25.0 Å². The highest BCUT2D eigenvalue weighted by molar-refractivity contribution is 8.00. The van der Waals surface area contributed by atoms with Crippen LogP contribution in [0.5, 0.6) is 5.75 Å². The van der Waals surface area contributed by atoms with Gasteiger partial charge in [0, 0.05) is 6.54 Å².